The molecule has 98 valence electrons. The number of imidazole rings is 1. The summed E-state index contributed by atoms with van der Waals surface area (Å²) in [5.74, 6) is 0. The van der Waals surface area contributed by atoms with Crippen molar-refractivity contribution in [3.05, 3.63) is 64.3 Å². The maximum atomic E-state index is 8.59. The SMILES string of the molecule is Cc1ccn2cc(-c3ccc(C)c(N=[N+]=[N-])c3)nc2c1. The molecule has 20 heavy (non-hydrogen) atoms. The van der Waals surface area contributed by atoms with Crippen LogP contribution in [0.3, 0.4) is 0 Å². The fourth-order valence-corrected chi connectivity index (χ4v) is 2.15. The van der Waals surface area contributed by atoms with Gasteiger partial charge in [0.1, 0.15) is 5.65 Å². The van der Waals surface area contributed by atoms with Gasteiger partial charge >= 0.3 is 0 Å². The number of hydrogen-bond donors (Lipinski definition) is 0. The molecule has 0 atom stereocenters. The van der Waals surface area contributed by atoms with Crippen LogP contribution in [-0.4, -0.2) is 9.38 Å². The van der Waals surface area contributed by atoms with Crippen molar-refractivity contribution in [2.75, 3.05) is 0 Å². The number of azide groups is 1. The van der Waals surface area contributed by atoms with Gasteiger partial charge in [0, 0.05) is 28.6 Å². The van der Waals surface area contributed by atoms with Crippen molar-refractivity contribution in [1.82, 2.24) is 9.38 Å². The number of fused-ring (bicyclic) bond motifs is 1. The Balaban J connectivity index is 2.15. The van der Waals surface area contributed by atoms with Gasteiger partial charge in [0.25, 0.3) is 0 Å². The molecule has 0 saturated heterocycles. The highest BCUT2D eigenvalue weighted by Gasteiger charge is 2.06. The van der Waals surface area contributed by atoms with Gasteiger partial charge in [0.2, 0.25) is 0 Å². The van der Waals surface area contributed by atoms with E-state index in [-0.39, 0.29) is 0 Å². The summed E-state index contributed by atoms with van der Waals surface area (Å²) in [7, 11) is 0. The van der Waals surface area contributed by atoms with E-state index in [2.05, 4.69) is 15.0 Å². The maximum Gasteiger partial charge on any atom is 0.137 e. The molecule has 5 nitrogen and oxygen atoms in total. The monoisotopic (exact) mass is 263 g/mol. The fourth-order valence-electron chi connectivity index (χ4n) is 2.15. The van der Waals surface area contributed by atoms with Crippen LogP contribution in [0.1, 0.15) is 11.1 Å². The van der Waals surface area contributed by atoms with Crippen LogP contribution in [0, 0.1) is 13.8 Å². The van der Waals surface area contributed by atoms with Crippen molar-refractivity contribution >= 4 is 11.3 Å². The van der Waals surface area contributed by atoms with Gasteiger partial charge in [-0.25, -0.2) is 4.98 Å². The highest BCUT2D eigenvalue weighted by Crippen LogP contribution is 2.27. The Labute approximate surface area is 116 Å². The number of hydrogen-bond acceptors (Lipinski definition) is 2. The van der Waals surface area contributed by atoms with Crippen LogP contribution >= 0.6 is 0 Å². The Kier molecular flexibility index (Phi) is 2.89. The quantitative estimate of drug-likeness (QED) is 0.379. The minimum Gasteiger partial charge on any atom is -0.306 e. The number of nitrogens with zero attached hydrogens (tertiary/aromatic N) is 5. The lowest BCUT2D eigenvalue weighted by molar-refractivity contribution is 1.17. The van der Waals surface area contributed by atoms with E-state index in [1.165, 1.54) is 5.56 Å². The van der Waals surface area contributed by atoms with Crippen molar-refractivity contribution < 1.29 is 0 Å². The summed E-state index contributed by atoms with van der Waals surface area (Å²) in [6, 6.07) is 9.86. The first-order valence-electron chi connectivity index (χ1n) is 6.29. The summed E-state index contributed by atoms with van der Waals surface area (Å²) in [6.07, 6.45) is 3.96. The Hall–Kier alpha value is -2.78. The number of rotatable bonds is 2. The Bertz CT molecular complexity index is 841. The summed E-state index contributed by atoms with van der Waals surface area (Å²) < 4.78 is 1.98. The molecular weight excluding hydrogens is 250 g/mol. The van der Waals surface area contributed by atoms with E-state index in [0.717, 1.165) is 22.5 Å². The normalized spacial score (nSPS) is 10.5. The van der Waals surface area contributed by atoms with E-state index >= 15 is 0 Å². The fraction of sp³-hybridized carbons (Fsp3) is 0.133. The first-order valence-corrected chi connectivity index (χ1v) is 6.29. The lowest BCUT2D eigenvalue weighted by atomic mass is 10.1. The van der Waals surface area contributed by atoms with Crippen LogP contribution in [0.4, 0.5) is 5.69 Å². The van der Waals surface area contributed by atoms with Crippen molar-refractivity contribution in [3.8, 4) is 11.3 Å². The van der Waals surface area contributed by atoms with Crippen LogP contribution < -0.4 is 0 Å². The molecule has 0 radical (unpaired) electrons. The number of aromatic nitrogens is 2. The van der Waals surface area contributed by atoms with Gasteiger partial charge in [0.05, 0.1) is 5.69 Å². The molecule has 2 aromatic heterocycles. The molecule has 0 bridgehead atoms. The van der Waals surface area contributed by atoms with Gasteiger partial charge in [-0.3, -0.25) is 0 Å². The van der Waals surface area contributed by atoms with E-state index in [1.54, 1.807) is 0 Å². The molecule has 3 aromatic rings. The van der Waals surface area contributed by atoms with E-state index < -0.39 is 0 Å². The average Bonchev–Trinajstić information content (AvgIpc) is 2.84. The zero-order valence-electron chi connectivity index (χ0n) is 11.3. The number of pyridine rings is 1. The second kappa shape index (κ2) is 4.72. The zero-order chi connectivity index (χ0) is 14.1. The van der Waals surface area contributed by atoms with Gasteiger partial charge in [-0.05, 0) is 48.7 Å². The predicted molar refractivity (Wildman–Crippen MR) is 78.9 cm³/mol. The summed E-state index contributed by atoms with van der Waals surface area (Å²) in [5.41, 5.74) is 14.1. The van der Waals surface area contributed by atoms with Crippen molar-refractivity contribution in [1.29, 1.82) is 0 Å². The van der Waals surface area contributed by atoms with Gasteiger partial charge in [-0.1, -0.05) is 17.2 Å². The smallest absolute Gasteiger partial charge is 0.137 e. The molecule has 0 saturated carbocycles. The van der Waals surface area contributed by atoms with Crippen molar-refractivity contribution in [3.63, 3.8) is 0 Å². The topological polar surface area (TPSA) is 66.1 Å². The minimum atomic E-state index is 0.637. The van der Waals surface area contributed by atoms with Crippen LogP contribution in [0.5, 0.6) is 0 Å². The van der Waals surface area contributed by atoms with Crippen molar-refractivity contribution in [2.45, 2.75) is 13.8 Å². The molecule has 3 rings (SSSR count). The summed E-state index contributed by atoms with van der Waals surface area (Å²) in [4.78, 5) is 7.46. The molecule has 0 aliphatic carbocycles. The third-order valence-electron chi connectivity index (χ3n) is 3.27. The largest absolute Gasteiger partial charge is 0.306 e. The lowest BCUT2D eigenvalue weighted by Gasteiger charge is -2.01. The Morgan fingerprint density at radius 2 is 2.05 bits per heavy atom. The van der Waals surface area contributed by atoms with E-state index in [4.69, 9.17) is 5.53 Å². The molecular formula is C15H13N5. The van der Waals surface area contributed by atoms with Crippen LogP contribution in [-0.2, 0) is 0 Å². The average molecular weight is 263 g/mol. The summed E-state index contributed by atoms with van der Waals surface area (Å²) in [5, 5.41) is 3.71. The summed E-state index contributed by atoms with van der Waals surface area (Å²) >= 11 is 0. The Morgan fingerprint density at radius 1 is 1.20 bits per heavy atom. The van der Waals surface area contributed by atoms with E-state index in [0.29, 0.717) is 5.69 Å². The molecule has 0 fully saturated rings. The predicted octanol–water partition coefficient (Wildman–Crippen LogP) is 4.56. The maximum absolute atomic E-state index is 8.59. The second-order valence-corrected chi connectivity index (χ2v) is 4.79. The number of aryl methyl sites for hydroxylation is 2. The molecule has 0 unspecified atom stereocenters. The first-order chi connectivity index (χ1) is 9.67. The minimum absolute atomic E-state index is 0.637. The van der Waals surface area contributed by atoms with E-state index in [9.17, 15) is 0 Å². The molecule has 2 heterocycles. The van der Waals surface area contributed by atoms with E-state index in [1.807, 2.05) is 61.0 Å². The molecule has 0 aliphatic rings. The van der Waals surface area contributed by atoms with Gasteiger partial charge in [0.15, 0.2) is 0 Å². The molecule has 1 aromatic carbocycles. The summed E-state index contributed by atoms with van der Waals surface area (Å²) in [6.45, 7) is 3.96. The van der Waals surface area contributed by atoms with Crippen LogP contribution in [0.2, 0.25) is 0 Å². The first kappa shape index (κ1) is 12.3. The highest BCUT2D eigenvalue weighted by molar-refractivity contribution is 5.67. The zero-order valence-corrected chi connectivity index (χ0v) is 11.3. The highest BCUT2D eigenvalue weighted by atomic mass is 15.1. The van der Waals surface area contributed by atoms with Gasteiger partial charge in [-0.15, -0.1) is 0 Å². The van der Waals surface area contributed by atoms with Crippen molar-refractivity contribution in [2.24, 2.45) is 5.11 Å². The molecule has 0 aliphatic heterocycles. The Morgan fingerprint density at radius 3 is 2.85 bits per heavy atom. The molecule has 5 heteroatoms. The second-order valence-electron chi connectivity index (χ2n) is 4.79. The van der Waals surface area contributed by atoms with Gasteiger partial charge < -0.3 is 4.40 Å². The lowest BCUT2D eigenvalue weighted by Crippen LogP contribution is -1.81. The third-order valence-corrected chi connectivity index (χ3v) is 3.27. The number of benzene rings is 1. The molecule has 0 N–H and O–H groups in total. The van der Waals surface area contributed by atoms with Crippen LogP contribution in [0.15, 0.2) is 47.8 Å². The van der Waals surface area contributed by atoms with Gasteiger partial charge in [-0.2, -0.15) is 0 Å². The van der Waals surface area contributed by atoms with Crippen LogP contribution in [0.25, 0.3) is 27.3 Å². The third kappa shape index (κ3) is 2.11. The molecule has 0 amide bonds. The molecule has 0 spiro atoms. The standard InChI is InChI=1S/C15H13N5/c1-10-5-6-20-9-14(17-15(20)7-10)12-4-3-11(2)13(8-12)18-19-16/h3-9H,1-2H3.